The number of hydrazone groups is 1. The number of rotatable bonds is 16. The number of aryl methyl sites for hydroxylation is 1. The Balaban J connectivity index is 1.47. The fourth-order valence-electron chi connectivity index (χ4n) is 6.84. The van der Waals surface area contributed by atoms with E-state index in [1.807, 2.05) is 24.3 Å². The molecule has 4 aromatic rings. The van der Waals surface area contributed by atoms with Crippen molar-refractivity contribution in [3.63, 3.8) is 0 Å². The van der Waals surface area contributed by atoms with Crippen molar-refractivity contribution < 1.29 is 28.7 Å². The van der Waals surface area contributed by atoms with Gasteiger partial charge in [0.2, 0.25) is 11.8 Å². The number of amidine groups is 1. The van der Waals surface area contributed by atoms with Crippen LogP contribution >= 0.6 is 0 Å². The van der Waals surface area contributed by atoms with Crippen LogP contribution in [0.4, 0.5) is 0 Å². The lowest BCUT2D eigenvalue weighted by Gasteiger charge is -2.31. The van der Waals surface area contributed by atoms with Gasteiger partial charge in [-0.25, -0.2) is 11.3 Å². The highest BCUT2D eigenvalue weighted by atomic mass is 16.5. The van der Waals surface area contributed by atoms with Gasteiger partial charge >= 0.3 is 0 Å². The van der Waals surface area contributed by atoms with Crippen LogP contribution in [0.3, 0.4) is 0 Å². The number of hydrogen-bond donors (Lipinski definition) is 9. The number of hydrogen-bond acceptors (Lipinski definition) is 12. The number of carbonyl (C=O) groups is 4. The third-order valence-corrected chi connectivity index (χ3v) is 9.89. The van der Waals surface area contributed by atoms with E-state index in [1.54, 1.807) is 36.4 Å². The summed E-state index contributed by atoms with van der Waals surface area (Å²) >= 11 is 0. The van der Waals surface area contributed by atoms with E-state index in [0.717, 1.165) is 41.0 Å². The Morgan fingerprint density at radius 2 is 1.52 bits per heavy atom. The molecule has 2 unspecified atom stereocenters. The van der Waals surface area contributed by atoms with E-state index in [-0.39, 0.29) is 38.6 Å². The van der Waals surface area contributed by atoms with Crippen molar-refractivity contribution in [3.05, 3.63) is 107 Å². The average molecular weight is 822 g/mol. The van der Waals surface area contributed by atoms with Crippen molar-refractivity contribution in [1.29, 1.82) is 0 Å². The predicted octanol–water partition coefficient (Wildman–Crippen LogP) is 1.36. The molecule has 17 nitrogen and oxygen atoms in total. The average Bonchev–Trinajstić information content (AvgIpc) is 3.27. The van der Waals surface area contributed by atoms with Gasteiger partial charge in [-0.3, -0.25) is 24.2 Å². The summed E-state index contributed by atoms with van der Waals surface area (Å²) < 4.78 is 12.2. The molecule has 60 heavy (non-hydrogen) atoms. The number of fused-ring (bicyclic) bond motifs is 5. The first-order valence-corrected chi connectivity index (χ1v) is 19.9. The van der Waals surface area contributed by atoms with Gasteiger partial charge in [-0.1, -0.05) is 61.9 Å². The van der Waals surface area contributed by atoms with E-state index < -0.39 is 48.8 Å². The topological polar surface area (TPSA) is 267 Å². The van der Waals surface area contributed by atoms with Crippen molar-refractivity contribution in [2.45, 2.75) is 44.7 Å². The molecule has 2 atom stereocenters. The minimum absolute atomic E-state index is 0.0797. The number of amides is 4. The van der Waals surface area contributed by atoms with Gasteiger partial charge in [0.15, 0.2) is 11.9 Å². The van der Waals surface area contributed by atoms with Gasteiger partial charge in [0.25, 0.3) is 11.8 Å². The number of unbranched alkanes of at least 4 members (excludes halogenated alkanes) is 1. The van der Waals surface area contributed by atoms with E-state index >= 15 is 0 Å². The van der Waals surface area contributed by atoms with Crippen LogP contribution in [0.25, 0.3) is 22.3 Å². The van der Waals surface area contributed by atoms with Crippen molar-refractivity contribution in [2.24, 2.45) is 28.3 Å². The minimum Gasteiger partial charge on any atom is -0.492 e. The Kier molecular flexibility index (Phi) is 16.3. The zero-order chi connectivity index (χ0) is 43.0. The van der Waals surface area contributed by atoms with Gasteiger partial charge in [0.05, 0.1) is 19.1 Å². The molecule has 1 heterocycles. The lowest BCUT2D eigenvalue weighted by atomic mass is 9.94. The zero-order valence-corrected chi connectivity index (χ0v) is 34.0. The van der Waals surface area contributed by atoms with Crippen LogP contribution in [-0.2, 0) is 27.2 Å². The van der Waals surface area contributed by atoms with Crippen LogP contribution in [0.1, 0.15) is 52.9 Å². The molecular weight excluding hydrogens is 767 g/mol. The Morgan fingerprint density at radius 3 is 2.12 bits per heavy atom. The summed E-state index contributed by atoms with van der Waals surface area (Å²) in [5.74, 6) is 9.87. The largest absolute Gasteiger partial charge is 0.492 e. The fourth-order valence-corrected chi connectivity index (χ4v) is 6.84. The number of ether oxygens (including phenoxy) is 2. The summed E-state index contributed by atoms with van der Waals surface area (Å²) in [5, 5.41) is 12.9. The Bertz CT molecular complexity index is 2130. The molecule has 0 saturated carbocycles. The molecular formula is C43H55N11O6. The molecule has 1 aliphatic rings. The van der Waals surface area contributed by atoms with Crippen molar-refractivity contribution >= 4 is 29.5 Å². The highest BCUT2D eigenvalue weighted by Crippen LogP contribution is 2.40. The molecule has 0 spiro atoms. The lowest BCUT2D eigenvalue weighted by Crippen LogP contribution is -2.55. The van der Waals surface area contributed by atoms with Crippen LogP contribution in [0, 0.1) is 0 Å². The third-order valence-electron chi connectivity index (χ3n) is 9.89. The van der Waals surface area contributed by atoms with Crippen molar-refractivity contribution in [3.8, 4) is 33.8 Å². The SMILES string of the molecule is CCCCc1ccc(-c2ccc(C(=O)NCC(=O)N(NC)C3C(=O)NCC(=O)NC(/C(=N/N)NN)Cc4ccc(OCCN)c(c4)-c4cc3ccc4OCCN)cc2)cc1. The van der Waals surface area contributed by atoms with E-state index in [4.69, 9.17) is 32.6 Å². The molecule has 5 rings (SSSR count). The number of nitrogens with two attached hydrogens (primary N) is 4. The molecule has 0 aliphatic carbocycles. The Hall–Kier alpha value is -6.53. The summed E-state index contributed by atoms with van der Waals surface area (Å²) in [6.45, 7) is 2.06. The van der Waals surface area contributed by atoms with Crippen LogP contribution in [-0.4, -0.2) is 87.0 Å². The lowest BCUT2D eigenvalue weighted by molar-refractivity contribution is -0.143. The van der Waals surface area contributed by atoms with Crippen LogP contribution in [0.2, 0.25) is 0 Å². The van der Waals surface area contributed by atoms with Crippen molar-refractivity contribution in [2.75, 3.05) is 46.4 Å². The smallest absolute Gasteiger partial charge is 0.257 e. The molecule has 17 heteroatoms. The molecule has 318 valence electrons. The molecule has 0 saturated heterocycles. The molecule has 0 aromatic heterocycles. The fraction of sp³-hybridized carbons (Fsp3) is 0.326. The molecule has 0 fully saturated rings. The molecule has 1 aliphatic heterocycles. The highest BCUT2D eigenvalue weighted by Gasteiger charge is 2.33. The van der Waals surface area contributed by atoms with E-state index in [0.29, 0.717) is 33.8 Å². The van der Waals surface area contributed by atoms with E-state index in [1.165, 1.54) is 12.6 Å². The summed E-state index contributed by atoms with van der Waals surface area (Å²) in [6.07, 6.45) is 3.48. The van der Waals surface area contributed by atoms with Gasteiger partial charge < -0.3 is 48.2 Å². The second-order valence-electron chi connectivity index (χ2n) is 14.0. The number of hydrazine groups is 2. The second-order valence-corrected chi connectivity index (χ2v) is 14.0. The molecule has 13 N–H and O–H groups in total. The first kappa shape index (κ1) is 44.6. The molecule has 4 aromatic carbocycles. The van der Waals surface area contributed by atoms with Crippen LogP contribution in [0.5, 0.6) is 11.5 Å². The van der Waals surface area contributed by atoms with Crippen LogP contribution < -0.4 is 59.4 Å². The maximum absolute atomic E-state index is 14.2. The summed E-state index contributed by atoms with van der Waals surface area (Å²) in [6, 6.07) is 23.7. The number of nitrogens with one attached hydrogen (secondary N) is 5. The quantitative estimate of drug-likeness (QED) is 0.0336. The number of benzene rings is 4. The zero-order valence-electron chi connectivity index (χ0n) is 34.0. The molecule has 4 bridgehead atoms. The summed E-state index contributed by atoms with van der Waals surface area (Å²) in [7, 11) is 1.47. The summed E-state index contributed by atoms with van der Waals surface area (Å²) in [5.41, 5.74) is 22.6. The first-order chi connectivity index (χ1) is 29.1. The monoisotopic (exact) mass is 821 g/mol. The molecule has 4 amide bonds. The van der Waals surface area contributed by atoms with Gasteiger partial charge in [0, 0.05) is 43.2 Å². The Labute approximate surface area is 349 Å². The van der Waals surface area contributed by atoms with Gasteiger partial charge in [0.1, 0.15) is 24.7 Å². The predicted molar refractivity (Wildman–Crippen MR) is 230 cm³/mol. The minimum atomic E-state index is -1.36. The first-order valence-electron chi connectivity index (χ1n) is 19.9. The van der Waals surface area contributed by atoms with Gasteiger partial charge in [-0.2, -0.15) is 5.10 Å². The summed E-state index contributed by atoms with van der Waals surface area (Å²) in [4.78, 5) is 54.8. The standard InChI is InChI=1S/C43H55N11O6/c1-3-4-5-27-6-9-29(10-7-27)30-11-13-31(14-12-30)42(57)50-26-39(56)54(48-2)40-32-15-17-37(60-21-19-45)34(24-32)33-22-28(8-16-36(33)59-20-18-44)23-35(41(52-46)53-47)51-38(55)25-49-43(40)58/h6-17,22,24,35,40,48H,3-5,18-21,23,25-26,44-47H2,1-2H3,(H,49,58)(H,50,57)(H,51,55)(H,52,53). The van der Waals surface area contributed by atoms with Gasteiger partial charge in [-0.05, 0) is 77.1 Å². The molecule has 0 radical (unpaired) electrons. The maximum Gasteiger partial charge on any atom is 0.257 e. The normalized spacial score (nSPS) is 15.5. The van der Waals surface area contributed by atoms with E-state index in [9.17, 15) is 19.2 Å². The third kappa shape index (κ3) is 11.4. The van der Waals surface area contributed by atoms with Crippen LogP contribution in [0.15, 0.2) is 90.0 Å². The van der Waals surface area contributed by atoms with E-state index in [2.05, 4.69) is 63.1 Å². The maximum atomic E-state index is 14.2. The second kappa shape index (κ2) is 22.0. The number of carbonyl (C=O) groups excluding carboxylic acids is 4. The highest BCUT2D eigenvalue weighted by molar-refractivity contribution is 5.98. The van der Waals surface area contributed by atoms with Gasteiger partial charge in [-0.15, -0.1) is 0 Å². The number of nitrogens with zero attached hydrogens (tertiary/aromatic N) is 2. The Morgan fingerprint density at radius 1 is 0.883 bits per heavy atom. The van der Waals surface area contributed by atoms with Crippen molar-refractivity contribution in [1.82, 2.24) is 31.8 Å².